The van der Waals surface area contributed by atoms with Crippen LogP contribution in [0.4, 0.5) is 0 Å². The molecule has 0 fully saturated rings. The first kappa shape index (κ1) is 10.6. The van der Waals surface area contributed by atoms with Crippen LogP contribution in [0.1, 0.15) is 10.6 Å². The molecule has 0 saturated heterocycles. The van der Waals surface area contributed by atoms with Gasteiger partial charge in [-0.05, 0) is 18.2 Å². The molecule has 0 amide bonds. The fourth-order valence-corrected chi connectivity index (χ4v) is 1.59. The summed E-state index contributed by atoms with van der Waals surface area (Å²) in [6, 6.07) is 6.83. The van der Waals surface area contributed by atoms with E-state index in [0.717, 1.165) is 9.15 Å². The Balaban J connectivity index is 2.56. The lowest BCUT2D eigenvalue weighted by molar-refractivity contribution is 0.0683. The number of rotatable bonds is 2. The van der Waals surface area contributed by atoms with Crippen molar-refractivity contribution in [2.45, 2.75) is 0 Å². The summed E-state index contributed by atoms with van der Waals surface area (Å²) in [4.78, 5) is 24.2. The van der Waals surface area contributed by atoms with Gasteiger partial charge in [-0.1, -0.05) is 22.0 Å². The Hall–Kier alpha value is -1.89. The van der Waals surface area contributed by atoms with Crippen molar-refractivity contribution in [1.82, 2.24) is 14.8 Å². The Morgan fingerprint density at radius 1 is 1.50 bits per heavy atom. The maximum absolute atomic E-state index is 11.4. The van der Waals surface area contributed by atoms with Crippen molar-refractivity contribution in [2.75, 3.05) is 0 Å². The molecule has 1 heterocycles. The predicted molar refractivity (Wildman–Crippen MR) is 58.8 cm³/mol. The number of H-pyrrole nitrogens is 1. The first-order chi connectivity index (χ1) is 7.58. The number of carbonyl (C=O) groups is 1. The van der Waals surface area contributed by atoms with Crippen LogP contribution in [0.5, 0.6) is 0 Å². The first-order valence-electron chi connectivity index (χ1n) is 4.26. The minimum absolute atomic E-state index is 0.384. The van der Waals surface area contributed by atoms with Gasteiger partial charge in [0.15, 0.2) is 0 Å². The summed E-state index contributed by atoms with van der Waals surface area (Å²) in [5.41, 5.74) is -0.0985. The second kappa shape index (κ2) is 3.93. The quantitative estimate of drug-likeness (QED) is 0.861. The summed E-state index contributed by atoms with van der Waals surface area (Å²) >= 11 is 3.25. The van der Waals surface area contributed by atoms with Crippen molar-refractivity contribution in [3.8, 4) is 5.69 Å². The van der Waals surface area contributed by atoms with E-state index in [1.807, 2.05) is 0 Å². The van der Waals surface area contributed by atoms with Crippen molar-refractivity contribution in [1.29, 1.82) is 0 Å². The number of carboxylic acids is 1. The molecule has 0 bridgehead atoms. The lowest BCUT2D eigenvalue weighted by atomic mass is 10.3. The van der Waals surface area contributed by atoms with Crippen LogP contribution in [0.25, 0.3) is 5.69 Å². The summed E-state index contributed by atoms with van der Waals surface area (Å²) in [7, 11) is 0. The summed E-state index contributed by atoms with van der Waals surface area (Å²) < 4.78 is 1.77. The third-order valence-electron chi connectivity index (χ3n) is 1.87. The normalized spacial score (nSPS) is 10.3. The van der Waals surface area contributed by atoms with Gasteiger partial charge in [0, 0.05) is 4.47 Å². The Labute approximate surface area is 97.7 Å². The molecular formula is C9H6BrN3O3. The minimum Gasteiger partial charge on any atom is -0.475 e. The van der Waals surface area contributed by atoms with Crippen LogP contribution in [0.15, 0.2) is 33.5 Å². The largest absolute Gasteiger partial charge is 0.475 e. The first-order valence-corrected chi connectivity index (χ1v) is 5.06. The highest BCUT2D eigenvalue weighted by molar-refractivity contribution is 9.10. The Morgan fingerprint density at radius 2 is 2.25 bits per heavy atom. The Bertz CT molecular complexity index is 602. The second-order valence-electron chi connectivity index (χ2n) is 2.98. The van der Waals surface area contributed by atoms with E-state index in [9.17, 15) is 9.59 Å². The third-order valence-corrected chi connectivity index (χ3v) is 2.37. The summed E-state index contributed by atoms with van der Waals surface area (Å²) in [6.45, 7) is 0. The van der Waals surface area contributed by atoms with Gasteiger partial charge in [0.25, 0.3) is 0 Å². The lowest BCUT2D eigenvalue weighted by Gasteiger charge is -1.98. The molecule has 0 spiro atoms. The van der Waals surface area contributed by atoms with Gasteiger partial charge in [0.2, 0.25) is 5.82 Å². The van der Waals surface area contributed by atoms with Crippen molar-refractivity contribution >= 4 is 21.9 Å². The number of carboxylic acid groups (broad SMARTS) is 1. The molecule has 0 aliphatic rings. The van der Waals surface area contributed by atoms with E-state index in [1.165, 1.54) is 0 Å². The highest BCUT2D eigenvalue weighted by atomic mass is 79.9. The van der Waals surface area contributed by atoms with Crippen LogP contribution < -0.4 is 5.69 Å². The standard InChI is InChI=1S/C9H6BrN3O3/c10-5-2-1-3-6(4-5)13-9(16)11-7(12-13)8(14)15/h1-4H,(H,14,15)(H,11,12,16). The molecular weight excluding hydrogens is 278 g/mol. The van der Waals surface area contributed by atoms with Gasteiger partial charge in [-0.3, -0.25) is 4.98 Å². The molecule has 2 N–H and O–H groups in total. The molecule has 16 heavy (non-hydrogen) atoms. The van der Waals surface area contributed by atoms with E-state index < -0.39 is 11.7 Å². The number of aromatic nitrogens is 3. The molecule has 0 aliphatic heterocycles. The predicted octanol–water partition coefficient (Wildman–Crippen LogP) is 1.02. The molecule has 0 unspecified atom stereocenters. The molecule has 1 aromatic heterocycles. The number of aromatic carboxylic acids is 1. The Morgan fingerprint density at radius 3 is 2.81 bits per heavy atom. The molecule has 1 aromatic carbocycles. The molecule has 0 radical (unpaired) electrons. The van der Waals surface area contributed by atoms with Crippen LogP contribution >= 0.6 is 15.9 Å². The minimum atomic E-state index is -1.27. The van der Waals surface area contributed by atoms with Gasteiger partial charge in [-0.2, -0.15) is 4.68 Å². The number of hydrogen-bond donors (Lipinski definition) is 2. The Kier molecular flexibility index (Phi) is 2.61. The second-order valence-corrected chi connectivity index (χ2v) is 3.89. The third kappa shape index (κ3) is 1.89. The number of benzene rings is 1. The number of halogens is 1. The van der Waals surface area contributed by atoms with E-state index in [0.29, 0.717) is 5.69 Å². The highest BCUT2D eigenvalue weighted by Gasteiger charge is 2.12. The molecule has 2 rings (SSSR count). The van der Waals surface area contributed by atoms with Crippen molar-refractivity contribution in [3.05, 3.63) is 45.0 Å². The van der Waals surface area contributed by atoms with Crippen LogP contribution in [0, 0.1) is 0 Å². The maximum atomic E-state index is 11.4. The zero-order chi connectivity index (χ0) is 11.7. The zero-order valence-electron chi connectivity index (χ0n) is 7.85. The molecule has 82 valence electrons. The van der Waals surface area contributed by atoms with Gasteiger partial charge in [0.05, 0.1) is 5.69 Å². The maximum Gasteiger partial charge on any atom is 0.373 e. The van der Waals surface area contributed by atoms with Crippen LogP contribution in [0.3, 0.4) is 0 Å². The van der Waals surface area contributed by atoms with Gasteiger partial charge in [-0.25, -0.2) is 9.59 Å². The number of aromatic amines is 1. The van der Waals surface area contributed by atoms with E-state index in [1.54, 1.807) is 24.3 Å². The summed E-state index contributed by atoms with van der Waals surface area (Å²) in [6.07, 6.45) is 0. The molecule has 2 aromatic rings. The van der Waals surface area contributed by atoms with Crippen LogP contribution in [-0.2, 0) is 0 Å². The highest BCUT2D eigenvalue weighted by Crippen LogP contribution is 2.13. The van der Waals surface area contributed by atoms with Gasteiger partial charge in [-0.15, -0.1) is 5.10 Å². The number of hydrogen-bond acceptors (Lipinski definition) is 3. The van der Waals surface area contributed by atoms with Crippen LogP contribution in [-0.4, -0.2) is 25.8 Å². The van der Waals surface area contributed by atoms with Gasteiger partial charge in [0.1, 0.15) is 0 Å². The van der Waals surface area contributed by atoms with Gasteiger partial charge < -0.3 is 5.11 Å². The average molecular weight is 284 g/mol. The molecule has 0 atom stereocenters. The molecule has 0 aliphatic carbocycles. The number of nitrogens with one attached hydrogen (secondary N) is 1. The molecule has 0 saturated carbocycles. The zero-order valence-corrected chi connectivity index (χ0v) is 9.43. The number of nitrogens with zero attached hydrogens (tertiary/aromatic N) is 2. The van der Waals surface area contributed by atoms with Crippen molar-refractivity contribution in [3.63, 3.8) is 0 Å². The van der Waals surface area contributed by atoms with Crippen molar-refractivity contribution in [2.24, 2.45) is 0 Å². The van der Waals surface area contributed by atoms with Gasteiger partial charge >= 0.3 is 11.7 Å². The SMILES string of the molecule is O=C(O)c1nn(-c2cccc(Br)c2)c(=O)[nH]1. The van der Waals surface area contributed by atoms with E-state index >= 15 is 0 Å². The molecule has 6 nitrogen and oxygen atoms in total. The van der Waals surface area contributed by atoms with E-state index in [-0.39, 0.29) is 5.82 Å². The smallest absolute Gasteiger partial charge is 0.373 e. The average Bonchev–Trinajstić information content (AvgIpc) is 2.60. The molecule has 7 heteroatoms. The summed E-state index contributed by atoms with van der Waals surface area (Å²) in [5.74, 6) is -1.66. The fourth-order valence-electron chi connectivity index (χ4n) is 1.20. The summed E-state index contributed by atoms with van der Waals surface area (Å²) in [5, 5.41) is 12.3. The monoisotopic (exact) mass is 283 g/mol. The van der Waals surface area contributed by atoms with Crippen LogP contribution in [0.2, 0.25) is 0 Å². The topological polar surface area (TPSA) is 88.0 Å². The fraction of sp³-hybridized carbons (Fsp3) is 0. The van der Waals surface area contributed by atoms with Crippen molar-refractivity contribution < 1.29 is 9.90 Å². The van der Waals surface area contributed by atoms with E-state index in [2.05, 4.69) is 26.0 Å². The lowest BCUT2D eigenvalue weighted by Crippen LogP contribution is -2.15. The van der Waals surface area contributed by atoms with E-state index in [4.69, 9.17) is 5.11 Å².